The molecule has 0 saturated carbocycles. The van der Waals surface area contributed by atoms with Crippen LogP contribution in [-0.2, 0) is 10.2 Å². The number of hydrogen-bond donors (Lipinski definition) is 1. The minimum atomic E-state index is -0.00956. The molecule has 1 saturated heterocycles. The van der Waals surface area contributed by atoms with Crippen LogP contribution in [0.4, 0.5) is 0 Å². The standard InChI is InChI=1S/C17H20O2/c1-2-14(10-18)17(11-19-12-17)16-9-5-7-13-6-3-4-8-15(13)16/h3-9,14,18H,2,10-12H2,1H3. The first kappa shape index (κ1) is 12.6. The Morgan fingerprint density at radius 3 is 2.53 bits per heavy atom. The van der Waals surface area contributed by atoms with E-state index in [1.54, 1.807) is 0 Å². The highest BCUT2D eigenvalue weighted by atomic mass is 16.5. The molecular formula is C17H20O2. The van der Waals surface area contributed by atoms with Gasteiger partial charge in [0.2, 0.25) is 0 Å². The van der Waals surface area contributed by atoms with Crippen molar-refractivity contribution in [1.29, 1.82) is 0 Å². The van der Waals surface area contributed by atoms with E-state index >= 15 is 0 Å². The Bertz CT molecular complexity index is 563. The Morgan fingerprint density at radius 1 is 1.16 bits per heavy atom. The second-order valence-electron chi connectivity index (χ2n) is 5.46. The highest BCUT2D eigenvalue weighted by Crippen LogP contribution is 2.43. The van der Waals surface area contributed by atoms with Crippen molar-refractivity contribution in [3.05, 3.63) is 48.0 Å². The van der Waals surface area contributed by atoms with Crippen LogP contribution >= 0.6 is 0 Å². The topological polar surface area (TPSA) is 29.5 Å². The number of aliphatic hydroxyl groups excluding tert-OH is 1. The summed E-state index contributed by atoms with van der Waals surface area (Å²) < 4.78 is 5.52. The molecule has 0 aromatic heterocycles. The second kappa shape index (κ2) is 4.95. The monoisotopic (exact) mass is 256 g/mol. The molecule has 100 valence electrons. The molecule has 2 aromatic rings. The predicted octanol–water partition coefficient (Wildman–Crippen LogP) is 3.13. The van der Waals surface area contributed by atoms with Gasteiger partial charge in [0.05, 0.1) is 13.2 Å². The normalized spacial score (nSPS) is 19.1. The first-order valence-corrected chi connectivity index (χ1v) is 6.98. The zero-order valence-corrected chi connectivity index (χ0v) is 11.3. The fraction of sp³-hybridized carbons (Fsp3) is 0.412. The summed E-state index contributed by atoms with van der Waals surface area (Å²) >= 11 is 0. The van der Waals surface area contributed by atoms with Crippen LogP contribution in [0.15, 0.2) is 42.5 Å². The van der Waals surface area contributed by atoms with Gasteiger partial charge in [-0.3, -0.25) is 0 Å². The van der Waals surface area contributed by atoms with Crippen molar-refractivity contribution in [3.8, 4) is 0 Å². The molecule has 3 rings (SSSR count). The van der Waals surface area contributed by atoms with E-state index < -0.39 is 0 Å². The van der Waals surface area contributed by atoms with Gasteiger partial charge in [0.1, 0.15) is 0 Å². The lowest BCUT2D eigenvalue weighted by Gasteiger charge is -2.47. The van der Waals surface area contributed by atoms with E-state index in [1.165, 1.54) is 16.3 Å². The Labute approximate surface area is 114 Å². The van der Waals surface area contributed by atoms with Crippen LogP contribution < -0.4 is 0 Å². The van der Waals surface area contributed by atoms with Crippen molar-refractivity contribution in [2.75, 3.05) is 19.8 Å². The van der Waals surface area contributed by atoms with Crippen LogP contribution in [0.2, 0.25) is 0 Å². The first-order chi connectivity index (χ1) is 9.31. The molecule has 1 N–H and O–H groups in total. The van der Waals surface area contributed by atoms with Gasteiger partial charge in [-0.25, -0.2) is 0 Å². The summed E-state index contributed by atoms with van der Waals surface area (Å²) in [6.45, 7) is 3.81. The Kier molecular flexibility index (Phi) is 3.29. The second-order valence-corrected chi connectivity index (χ2v) is 5.46. The number of rotatable bonds is 4. The van der Waals surface area contributed by atoms with E-state index in [1.807, 2.05) is 0 Å². The van der Waals surface area contributed by atoms with Crippen molar-refractivity contribution in [3.63, 3.8) is 0 Å². The van der Waals surface area contributed by atoms with Gasteiger partial charge in [-0.05, 0) is 22.3 Å². The molecule has 1 aliphatic rings. The minimum Gasteiger partial charge on any atom is -0.396 e. The van der Waals surface area contributed by atoms with E-state index in [0.29, 0.717) is 0 Å². The van der Waals surface area contributed by atoms with Crippen molar-refractivity contribution < 1.29 is 9.84 Å². The van der Waals surface area contributed by atoms with Crippen LogP contribution in [0.1, 0.15) is 18.9 Å². The number of benzene rings is 2. The molecule has 0 radical (unpaired) electrons. The molecule has 2 heteroatoms. The summed E-state index contributed by atoms with van der Waals surface area (Å²) in [5, 5.41) is 12.3. The van der Waals surface area contributed by atoms with E-state index in [-0.39, 0.29) is 17.9 Å². The molecule has 0 bridgehead atoms. The van der Waals surface area contributed by atoms with Crippen molar-refractivity contribution >= 4 is 10.8 Å². The Hall–Kier alpha value is -1.38. The molecule has 1 fully saturated rings. The molecule has 0 amide bonds. The van der Waals surface area contributed by atoms with Gasteiger partial charge in [-0.2, -0.15) is 0 Å². The third-order valence-electron chi connectivity index (χ3n) is 4.54. The lowest BCUT2D eigenvalue weighted by Crippen LogP contribution is -2.53. The van der Waals surface area contributed by atoms with Crippen LogP contribution in [0.25, 0.3) is 10.8 Å². The van der Waals surface area contributed by atoms with Gasteiger partial charge in [-0.1, -0.05) is 55.8 Å². The maximum Gasteiger partial charge on any atom is 0.0589 e. The number of hydrogen-bond acceptors (Lipinski definition) is 2. The fourth-order valence-corrected chi connectivity index (χ4v) is 3.29. The van der Waals surface area contributed by atoms with Crippen LogP contribution in [0.3, 0.4) is 0 Å². The molecule has 1 unspecified atom stereocenters. The van der Waals surface area contributed by atoms with Gasteiger partial charge in [0.15, 0.2) is 0 Å². The maximum absolute atomic E-state index is 9.70. The lowest BCUT2D eigenvalue weighted by molar-refractivity contribution is -0.100. The van der Waals surface area contributed by atoms with Gasteiger partial charge in [0.25, 0.3) is 0 Å². The van der Waals surface area contributed by atoms with Gasteiger partial charge in [-0.15, -0.1) is 0 Å². The van der Waals surface area contributed by atoms with Crippen LogP contribution in [0, 0.1) is 5.92 Å². The van der Waals surface area contributed by atoms with Crippen molar-refractivity contribution in [2.45, 2.75) is 18.8 Å². The van der Waals surface area contributed by atoms with E-state index in [2.05, 4.69) is 49.4 Å². The SMILES string of the molecule is CCC(CO)C1(c2cccc3ccccc23)COC1. The fourth-order valence-electron chi connectivity index (χ4n) is 3.29. The largest absolute Gasteiger partial charge is 0.396 e. The Balaban J connectivity index is 2.16. The quantitative estimate of drug-likeness (QED) is 0.910. The average Bonchev–Trinajstić information content (AvgIpc) is 2.42. The van der Waals surface area contributed by atoms with Gasteiger partial charge in [0, 0.05) is 12.0 Å². The first-order valence-electron chi connectivity index (χ1n) is 6.98. The van der Waals surface area contributed by atoms with Crippen LogP contribution in [-0.4, -0.2) is 24.9 Å². The van der Waals surface area contributed by atoms with Crippen molar-refractivity contribution in [1.82, 2.24) is 0 Å². The van der Waals surface area contributed by atoms with Gasteiger partial charge < -0.3 is 9.84 Å². The van der Waals surface area contributed by atoms with Crippen molar-refractivity contribution in [2.24, 2.45) is 5.92 Å². The number of aliphatic hydroxyl groups is 1. The molecule has 2 aromatic carbocycles. The number of fused-ring (bicyclic) bond motifs is 1. The summed E-state index contributed by atoms with van der Waals surface area (Å²) in [5.41, 5.74) is 1.32. The average molecular weight is 256 g/mol. The Morgan fingerprint density at radius 2 is 1.89 bits per heavy atom. The predicted molar refractivity (Wildman–Crippen MR) is 77.3 cm³/mol. The zero-order valence-electron chi connectivity index (χ0n) is 11.3. The molecule has 2 nitrogen and oxygen atoms in total. The highest BCUT2D eigenvalue weighted by Gasteiger charge is 2.46. The molecular weight excluding hydrogens is 236 g/mol. The van der Waals surface area contributed by atoms with E-state index in [0.717, 1.165) is 19.6 Å². The summed E-state index contributed by atoms with van der Waals surface area (Å²) in [6, 6.07) is 14.9. The molecule has 19 heavy (non-hydrogen) atoms. The van der Waals surface area contributed by atoms with Gasteiger partial charge >= 0.3 is 0 Å². The number of ether oxygens (including phenoxy) is 1. The third-order valence-corrected chi connectivity index (χ3v) is 4.54. The smallest absolute Gasteiger partial charge is 0.0589 e. The zero-order chi connectivity index (χ0) is 13.3. The highest BCUT2D eigenvalue weighted by molar-refractivity contribution is 5.86. The minimum absolute atomic E-state index is 0.00956. The molecule has 0 aliphatic carbocycles. The summed E-state index contributed by atoms with van der Waals surface area (Å²) in [6.07, 6.45) is 0.975. The third kappa shape index (κ3) is 1.87. The molecule has 1 heterocycles. The van der Waals surface area contributed by atoms with E-state index in [4.69, 9.17) is 4.74 Å². The summed E-state index contributed by atoms with van der Waals surface area (Å²) in [5.74, 6) is 0.270. The lowest BCUT2D eigenvalue weighted by atomic mass is 9.66. The summed E-state index contributed by atoms with van der Waals surface area (Å²) in [4.78, 5) is 0. The molecule has 0 spiro atoms. The molecule has 1 atom stereocenters. The molecule has 1 aliphatic heterocycles. The summed E-state index contributed by atoms with van der Waals surface area (Å²) in [7, 11) is 0. The van der Waals surface area contributed by atoms with Crippen LogP contribution in [0.5, 0.6) is 0 Å². The van der Waals surface area contributed by atoms with E-state index in [9.17, 15) is 5.11 Å². The maximum atomic E-state index is 9.70.